The molecular formula is C12H18N2O3S. The van der Waals surface area contributed by atoms with Crippen molar-refractivity contribution in [2.75, 3.05) is 18.8 Å². The highest BCUT2D eigenvalue weighted by molar-refractivity contribution is 7.89. The van der Waals surface area contributed by atoms with Crippen LogP contribution in [0.2, 0.25) is 0 Å². The highest BCUT2D eigenvalue weighted by Crippen LogP contribution is 2.26. The molecule has 3 N–H and O–H groups in total. The average Bonchev–Trinajstić information content (AvgIpc) is 2.29. The van der Waals surface area contributed by atoms with Crippen LogP contribution in [0.1, 0.15) is 19.8 Å². The lowest BCUT2D eigenvalue weighted by atomic mass is 9.95. The predicted octanol–water partition coefficient (Wildman–Crippen LogP) is 0.804. The van der Waals surface area contributed by atoms with E-state index in [1.165, 1.54) is 16.4 Å². The molecule has 1 aliphatic rings. The molecule has 5 nitrogen and oxygen atoms in total. The van der Waals surface area contributed by atoms with E-state index >= 15 is 0 Å². The maximum Gasteiger partial charge on any atom is 0.243 e. The number of hydrogen-bond donors (Lipinski definition) is 2. The van der Waals surface area contributed by atoms with E-state index in [9.17, 15) is 13.5 Å². The van der Waals surface area contributed by atoms with Gasteiger partial charge in [0, 0.05) is 18.8 Å². The minimum atomic E-state index is -3.46. The van der Waals surface area contributed by atoms with Crippen molar-refractivity contribution in [2.45, 2.75) is 30.3 Å². The topological polar surface area (TPSA) is 83.6 Å². The van der Waals surface area contributed by atoms with Gasteiger partial charge in [0.05, 0.1) is 10.5 Å². The molecule has 1 fully saturated rings. The molecule has 0 aromatic heterocycles. The molecule has 0 amide bonds. The largest absolute Gasteiger partial charge is 0.399 e. The summed E-state index contributed by atoms with van der Waals surface area (Å²) in [5.41, 5.74) is 5.32. The van der Waals surface area contributed by atoms with Crippen molar-refractivity contribution in [1.29, 1.82) is 0 Å². The summed E-state index contributed by atoms with van der Waals surface area (Å²) in [5.74, 6) is 0. The molecule has 0 unspecified atom stereocenters. The zero-order valence-corrected chi connectivity index (χ0v) is 11.2. The van der Waals surface area contributed by atoms with Crippen LogP contribution >= 0.6 is 0 Å². The van der Waals surface area contributed by atoms with E-state index < -0.39 is 15.6 Å². The molecule has 6 heteroatoms. The lowest BCUT2D eigenvalue weighted by Crippen LogP contribution is -2.45. The van der Waals surface area contributed by atoms with Crippen LogP contribution in [-0.2, 0) is 10.0 Å². The maximum atomic E-state index is 12.3. The van der Waals surface area contributed by atoms with Crippen LogP contribution in [0.5, 0.6) is 0 Å². The van der Waals surface area contributed by atoms with Crippen LogP contribution in [0.3, 0.4) is 0 Å². The Balaban J connectivity index is 2.20. The second kappa shape index (κ2) is 4.53. The first-order valence-electron chi connectivity index (χ1n) is 5.89. The normalized spacial score (nSPS) is 20.8. The first-order chi connectivity index (χ1) is 8.31. The lowest BCUT2D eigenvalue weighted by Gasteiger charge is -2.34. The van der Waals surface area contributed by atoms with Crippen LogP contribution in [0, 0.1) is 0 Å². The molecular weight excluding hydrogens is 252 g/mol. The van der Waals surface area contributed by atoms with Crippen LogP contribution < -0.4 is 5.73 Å². The van der Waals surface area contributed by atoms with Crippen molar-refractivity contribution in [3.05, 3.63) is 24.3 Å². The van der Waals surface area contributed by atoms with Gasteiger partial charge < -0.3 is 10.8 Å². The second-order valence-corrected chi connectivity index (χ2v) is 6.91. The van der Waals surface area contributed by atoms with Crippen LogP contribution in [0.25, 0.3) is 0 Å². The third-order valence-electron chi connectivity index (χ3n) is 3.32. The molecule has 0 atom stereocenters. The summed E-state index contributed by atoms with van der Waals surface area (Å²) < 4.78 is 26.0. The third-order valence-corrected chi connectivity index (χ3v) is 5.23. The summed E-state index contributed by atoms with van der Waals surface area (Å²) >= 11 is 0. The molecule has 0 aliphatic carbocycles. The Morgan fingerprint density at radius 1 is 1.22 bits per heavy atom. The Hall–Kier alpha value is -1.11. The van der Waals surface area contributed by atoms with Crippen LogP contribution in [-0.4, -0.2) is 36.5 Å². The average molecular weight is 270 g/mol. The lowest BCUT2D eigenvalue weighted by molar-refractivity contribution is 0.0126. The molecule has 0 saturated carbocycles. The molecule has 0 spiro atoms. The van der Waals surface area contributed by atoms with Crippen LogP contribution in [0.15, 0.2) is 29.2 Å². The molecule has 18 heavy (non-hydrogen) atoms. The van der Waals surface area contributed by atoms with Crippen molar-refractivity contribution in [2.24, 2.45) is 0 Å². The van der Waals surface area contributed by atoms with Gasteiger partial charge in [0.2, 0.25) is 10.0 Å². The van der Waals surface area contributed by atoms with Gasteiger partial charge in [0.25, 0.3) is 0 Å². The Bertz CT molecular complexity index is 513. The smallest absolute Gasteiger partial charge is 0.243 e. The van der Waals surface area contributed by atoms with Gasteiger partial charge in [0.15, 0.2) is 0 Å². The molecule has 1 heterocycles. The quantitative estimate of drug-likeness (QED) is 0.779. The number of nitrogen functional groups attached to an aromatic ring is 1. The Kier molecular flexibility index (Phi) is 3.35. The van der Waals surface area contributed by atoms with E-state index in [1.54, 1.807) is 19.1 Å². The summed E-state index contributed by atoms with van der Waals surface area (Å²) in [6, 6.07) is 6.18. The fourth-order valence-corrected chi connectivity index (χ4v) is 3.44. The van der Waals surface area contributed by atoms with E-state index in [4.69, 9.17) is 5.73 Å². The summed E-state index contributed by atoms with van der Waals surface area (Å²) in [6.07, 6.45) is 0.919. The first kappa shape index (κ1) is 13.3. The van der Waals surface area contributed by atoms with Crippen molar-refractivity contribution < 1.29 is 13.5 Å². The van der Waals surface area contributed by atoms with Crippen LogP contribution in [0.4, 0.5) is 5.69 Å². The number of anilines is 1. The van der Waals surface area contributed by atoms with E-state index in [0.29, 0.717) is 31.6 Å². The van der Waals surface area contributed by atoms with E-state index in [0.717, 1.165) is 0 Å². The van der Waals surface area contributed by atoms with Crippen molar-refractivity contribution >= 4 is 15.7 Å². The molecule has 1 aromatic rings. The number of piperidine rings is 1. The van der Waals surface area contributed by atoms with E-state index in [-0.39, 0.29) is 4.90 Å². The fraction of sp³-hybridized carbons (Fsp3) is 0.500. The van der Waals surface area contributed by atoms with Gasteiger partial charge in [-0.25, -0.2) is 8.42 Å². The van der Waals surface area contributed by atoms with Gasteiger partial charge >= 0.3 is 0 Å². The summed E-state index contributed by atoms with van der Waals surface area (Å²) in [6.45, 7) is 2.43. The molecule has 2 rings (SSSR count). The van der Waals surface area contributed by atoms with Gasteiger partial charge in [-0.05, 0) is 44.0 Å². The number of nitrogens with two attached hydrogens (primary N) is 1. The van der Waals surface area contributed by atoms with Gasteiger partial charge in [-0.2, -0.15) is 4.31 Å². The summed E-state index contributed by atoms with van der Waals surface area (Å²) in [7, 11) is -3.46. The fourth-order valence-electron chi connectivity index (χ4n) is 2.00. The zero-order valence-electron chi connectivity index (χ0n) is 10.3. The van der Waals surface area contributed by atoms with E-state index in [1.807, 2.05) is 0 Å². The first-order valence-corrected chi connectivity index (χ1v) is 7.33. The number of rotatable bonds is 2. The highest BCUT2D eigenvalue weighted by Gasteiger charge is 2.33. The van der Waals surface area contributed by atoms with Crippen molar-refractivity contribution in [3.63, 3.8) is 0 Å². The van der Waals surface area contributed by atoms with Crippen molar-refractivity contribution in [3.8, 4) is 0 Å². The van der Waals surface area contributed by atoms with Crippen molar-refractivity contribution in [1.82, 2.24) is 4.31 Å². The Labute approximate surface area is 107 Å². The van der Waals surface area contributed by atoms with Gasteiger partial charge in [-0.1, -0.05) is 0 Å². The SMILES string of the molecule is CC1(O)CCN(S(=O)(=O)c2ccc(N)cc2)CC1. The summed E-state index contributed by atoms with van der Waals surface area (Å²) in [4.78, 5) is 0.248. The minimum Gasteiger partial charge on any atom is -0.399 e. The molecule has 100 valence electrons. The number of nitrogens with zero attached hydrogens (tertiary/aromatic N) is 1. The molecule has 1 aliphatic heterocycles. The van der Waals surface area contributed by atoms with Gasteiger partial charge in [-0.15, -0.1) is 0 Å². The number of hydrogen-bond acceptors (Lipinski definition) is 4. The zero-order chi connectivity index (χ0) is 13.4. The second-order valence-electron chi connectivity index (χ2n) is 4.97. The number of sulfonamides is 1. The third kappa shape index (κ3) is 2.66. The molecule has 1 aromatic carbocycles. The number of benzene rings is 1. The van der Waals surface area contributed by atoms with Gasteiger partial charge in [-0.3, -0.25) is 0 Å². The molecule has 0 bridgehead atoms. The minimum absolute atomic E-state index is 0.248. The summed E-state index contributed by atoms with van der Waals surface area (Å²) in [5, 5.41) is 9.83. The number of aliphatic hydroxyl groups is 1. The monoisotopic (exact) mass is 270 g/mol. The predicted molar refractivity (Wildman–Crippen MR) is 69.5 cm³/mol. The maximum absolute atomic E-state index is 12.3. The van der Waals surface area contributed by atoms with E-state index in [2.05, 4.69) is 0 Å². The Morgan fingerprint density at radius 3 is 2.22 bits per heavy atom. The molecule has 0 radical (unpaired) electrons. The van der Waals surface area contributed by atoms with Gasteiger partial charge in [0.1, 0.15) is 0 Å². The standard InChI is InChI=1S/C12H18N2O3S/c1-12(15)6-8-14(9-7-12)18(16,17)11-4-2-10(13)3-5-11/h2-5,15H,6-9,13H2,1H3. The highest BCUT2D eigenvalue weighted by atomic mass is 32.2. The molecule has 1 saturated heterocycles. The Morgan fingerprint density at radius 2 is 1.72 bits per heavy atom.